The number of fused-ring (bicyclic) bond motifs is 1. The molecule has 6 nitrogen and oxygen atoms in total. The van der Waals surface area contributed by atoms with Crippen LogP contribution in [0, 0.1) is 0 Å². The molecule has 0 atom stereocenters. The summed E-state index contributed by atoms with van der Waals surface area (Å²) in [6, 6.07) is 13.3. The minimum absolute atomic E-state index is 0.217. The molecule has 0 saturated carbocycles. The number of H-pyrrole nitrogens is 1. The van der Waals surface area contributed by atoms with E-state index in [1.165, 1.54) is 0 Å². The smallest absolute Gasteiger partial charge is 0.265 e. The summed E-state index contributed by atoms with van der Waals surface area (Å²) in [7, 11) is 1.60. The summed E-state index contributed by atoms with van der Waals surface area (Å²) in [5.74, 6) is 0.529. The highest BCUT2D eigenvalue weighted by Crippen LogP contribution is 2.41. The van der Waals surface area contributed by atoms with E-state index in [9.17, 15) is 9.59 Å². The molecule has 4 rings (SSSR count). The van der Waals surface area contributed by atoms with Gasteiger partial charge in [0.2, 0.25) is 0 Å². The lowest BCUT2D eigenvalue weighted by atomic mass is 9.98. The number of benzene rings is 2. The van der Waals surface area contributed by atoms with Gasteiger partial charge in [-0.05, 0) is 52.7 Å². The number of hydrogen-bond donors (Lipinski definition) is 2. The Morgan fingerprint density at radius 3 is 2.57 bits per heavy atom. The Labute approximate surface area is 182 Å². The van der Waals surface area contributed by atoms with Crippen molar-refractivity contribution in [3.8, 4) is 22.8 Å². The van der Waals surface area contributed by atoms with Crippen molar-refractivity contribution >= 4 is 44.2 Å². The number of carbonyl (C=O) groups is 2. The molecular weight excluding hydrogens is 448 g/mol. The fourth-order valence-corrected chi connectivity index (χ4v) is 3.98. The van der Waals surface area contributed by atoms with Gasteiger partial charge in [0.1, 0.15) is 11.5 Å². The third kappa shape index (κ3) is 3.61. The lowest BCUT2D eigenvalue weighted by molar-refractivity contribution is -0.123. The fourth-order valence-electron chi connectivity index (χ4n) is 3.51. The van der Waals surface area contributed by atoms with Crippen LogP contribution in [0.25, 0.3) is 27.7 Å². The van der Waals surface area contributed by atoms with Crippen LogP contribution >= 0.6 is 15.9 Å². The van der Waals surface area contributed by atoms with Crippen LogP contribution < -0.4 is 14.8 Å². The van der Waals surface area contributed by atoms with Crippen molar-refractivity contribution < 1.29 is 19.1 Å². The maximum atomic E-state index is 12.7. The number of unbranched alkanes of at least 4 members (excludes halogenated alkanes) is 1. The summed E-state index contributed by atoms with van der Waals surface area (Å²) in [5.41, 5.74) is 3.36. The zero-order valence-electron chi connectivity index (χ0n) is 16.7. The van der Waals surface area contributed by atoms with E-state index in [1.54, 1.807) is 7.11 Å². The molecule has 0 radical (unpaired) electrons. The van der Waals surface area contributed by atoms with E-state index < -0.39 is 11.8 Å². The minimum atomic E-state index is -0.448. The molecule has 3 aromatic rings. The average molecular weight is 469 g/mol. The molecule has 0 spiro atoms. The second-order valence-electron chi connectivity index (χ2n) is 6.99. The first-order chi connectivity index (χ1) is 14.5. The maximum Gasteiger partial charge on any atom is 0.265 e. The minimum Gasteiger partial charge on any atom is -0.497 e. The SMILES string of the molecule is CCCCOc1ccc2[nH]c(-c3cccc(OC)c3)c(C3=C(Br)C(=O)NC3=O)c2c1. The first-order valence-electron chi connectivity index (χ1n) is 9.72. The number of nitrogens with one attached hydrogen (secondary N) is 2. The Hall–Kier alpha value is -3.06. The van der Waals surface area contributed by atoms with Gasteiger partial charge in [0.25, 0.3) is 11.8 Å². The molecular formula is C23H21BrN2O4. The summed E-state index contributed by atoms with van der Waals surface area (Å²) >= 11 is 3.30. The van der Waals surface area contributed by atoms with Gasteiger partial charge in [-0.3, -0.25) is 14.9 Å². The van der Waals surface area contributed by atoms with Crippen LogP contribution in [-0.4, -0.2) is 30.5 Å². The van der Waals surface area contributed by atoms with Crippen LogP contribution in [0.15, 0.2) is 46.9 Å². The van der Waals surface area contributed by atoms with Gasteiger partial charge in [-0.2, -0.15) is 0 Å². The molecule has 2 aromatic carbocycles. The second kappa shape index (κ2) is 8.36. The maximum absolute atomic E-state index is 12.7. The Balaban J connectivity index is 1.94. The van der Waals surface area contributed by atoms with Crippen molar-refractivity contribution in [3.05, 3.63) is 52.5 Å². The lowest BCUT2D eigenvalue weighted by Gasteiger charge is -2.08. The topological polar surface area (TPSA) is 80.4 Å². The monoisotopic (exact) mass is 468 g/mol. The van der Waals surface area contributed by atoms with E-state index in [-0.39, 0.29) is 4.48 Å². The van der Waals surface area contributed by atoms with Crippen LogP contribution in [0.1, 0.15) is 25.3 Å². The molecule has 2 heterocycles. The third-order valence-electron chi connectivity index (χ3n) is 5.02. The molecule has 0 fully saturated rings. The second-order valence-corrected chi connectivity index (χ2v) is 7.78. The van der Waals surface area contributed by atoms with Crippen molar-refractivity contribution in [2.75, 3.05) is 13.7 Å². The molecule has 2 N–H and O–H groups in total. The zero-order chi connectivity index (χ0) is 21.3. The number of ether oxygens (including phenoxy) is 2. The fraction of sp³-hybridized carbons (Fsp3) is 0.217. The lowest BCUT2D eigenvalue weighted by Crippen LogP contribution is -2.22. The van der Waals surface area contributed by atoms with Crippen LogP contribution in [0.3, 0.4) is 0 Å². The highest BCUT2D eigenvalue weighted by molar-refractivity contribution is 9.12. The summed E-state index contributed by atoms with van der Waals surface area (Å²) in [6.07, 6.45) is 2.00. The van der Waals surface area contributed by atoms with Gasteiger partial charge in [0.15, 0.2) is 0 Å². The third-order valence-corrected chi connectivity index (χ3v) is 5.77. The first-order valence-corrected chi connectivity index (χ1v) is 10.5. The van der Waals surface area contributed by atoms with E-state index in [0.717, 1.165) is 40.8 Å². The molecule has 2 amide bonds. The highest BCUT2D eigenvalue weighted by Gasteiger charge is 2.33. The molecule has 7 heteroatoms. The Bertz CT molecular complexity index is 1180. The normalized spacial score (nSPS) is 13.8. The van der Waals surface area contributed by atoms with Crippen LogP contribution in [0.5, 0.6) is 11.5 Å². The number of amides is 2. The molecule has 30 heavy (non-hydrogen) atoms. The number of hydrogen-bond acceptors (Lipinski definition) is 4. The van der Waals surface area contributed by atoms with Crippen molar-refractivity contribution in [2.45, 2.75) is 19.8 Å². The van der Waals surface area contributed by atoms with Gasteiger partial charge in [-0.25, -0.2) is 0 Å². The van der Waals surface area contributed by atoms with Gasteiger partial charge >= 0.3 is 0 Å². The summed E-state index contributed by atoms with van der Waals surface area (Å²) in [5, 5.41) is 3.16. The molecule has 1 aliphatic rings. The van der Waals surface area contributed by atoms with Gasteiger partial charge in [-0.1, -0.05) is 25.5 Å². The predicted molar refractivity (Wildman–Crippen MR) is 120 cm³/mol. The van der Waals surface area contributed by atoms with E-state index in [4.69, 9.17) is 9.47 Å². The average Bonchev–Trinajstić information content (AvgIpc) is 3.24. The van der Waals surface area contributed by atoms with Crippen LogP contribution in [0.4, 0.5) is 0 Å². The van der Waals surface area contributed by atoms with Crippen molar-refractivity contribution in [1.82, 2.24) is 10.3 Å². The molecule has 0 saturated heterocycles. The summed E-state index contributed by atoms with van der Waals surface area (Å²) in [6.45, 7) is 2.73. The van der Waals surface area contributed by atoms with E-state index in [0.29, 0.717) is 23.5 Å². The quantitative estimate of drug-likeness (QED) is 0.386. The number of imide groups is 1. The van der Waals surface area contributed by atoms with E-state index in [1.807, 2.05) is 42.5 Å². The molecule has 0 bridgehead atoms. The number of methoxy groups -OCH3 is 1. The first kappa shape index (κ1) is 20.2. The molecule has 154 valence electrons. The predicted octanol–water partition coefficient (Wildman–Crippen LogP) is 4.78. The number of halogens is 1. The summed E-state index contributed by atoms with van der Waals surface area (Å²) in [4.78, 5) is 28.2. The molecule has 0 unspecified atom stereocenters. The highest BCUT2D eigenvalue weighted by atomic mass is 79.9. The zero-order valence-corrected chi connectivity index (χ0v) is 18.3. The Kier molecular flexibility index (Phi) is 5.63. The van der Waals surface area contributed by atoms with Gasteiger partial charge < -0.3 is 14.5 Å². The van der Waals surface area contributed by atoms with Gasteiger partial charge in [-0.15, -0.1) is 0 Å². The van der Waals surface area contributed by atoms with Crippen LogP contribution in [0.2, 0.25) is 0 Å². The largest absolute Gasteiger partial charge is 0.497 e. The molecule has 0 aliphatic carbocycles. The standard InChI is InChI=1S/C23H21BrN2O4/c1-3-4-10-30-15-8-9-17-16(12-15)18(19-20(24)23(28)26-22(19)27)21(25-17)13-6-5-7-14(11-13)29-2/h5-9,11-12,25H,3-4,10H2,1-2H3,(H,26,27,28). The van der Waals surface area contributed by atoms with E-state index >= 15 is 0 Å². The number of rotatable bonds is 7. The molecule has 1 aromatic heterocycles. The van der Waals surface area contributed by atoms with E-state index in [2.05, 4.69) is 33.2 Å². The van der Waals surface area contributed by atoms with Crippen LogP contribution in [-0.2, 0) is 9.59 Å². The summed E-state index contributed by atoms with van der Waals surface area (Å²) < 4.78 is 11.4. The molecule has 1 aliphatic heterocycles. The van der Waals surface area contributed by atoms with Crippen molar-refractivity contribution in [2.24, 2.45) is 0 Å². The van der Waals surface area contributed by atoms with Crippen molar-refractivity contribution in [1.29, 1.82) is 0 Å². The Morgan fingerprint density at radius 1 is 1.03 bits per heavy atom. The van der Waals surface area contributed by atoms with Crippen molar-refractivity contribution in [3.63, 3.8) is 0 Å². The van der Waals surface area contributed by atoms with Gasteiger partial charge in [0.05, 0.1) is 29.5 Å². The Morgan fingerprint density at radius 2 is 1.87 bits per heavy atom. The van der Waals surface area contributed by atoms with Gasteiger partial charge in [0, 0.05) is 22.0 Å². The number of carbonyl (C=O) groups excluding carboxylic acids is 2. The number of aromatic nitrogens is 1. The number of aromatic amines is 1.